The molecule has 1 rings (SSSR count). The first-order chi connectivity index (χ1) is 5.88. The lowest BCUT2D eigenvalue weighted by molar-refractivity contribution is 0.762. The highest BCUT2D eigenvalue weighted by Crippen LogP contribution is 2.04. The van der Waals surface area contributed by atoms with E-state index in [0.29, 0.717) is 0 Å². The molecule has 0 unspecified atom stereocenters. The van der Waals surface area contributed by atoms with Crippen molar-refractivity contribution in [2.75, 3.05) is 18.0 Å². The van der Waals surface area contributed by atoms with Crippen LogP contribution in [0.1, 0.15) is 20.3 Å². The summed E-state index contributed by atoms with van der Waals surface area (Å²) in [6, 6.07) is 1.84. The van der Waals surface area contributed by atoms with E-state index in [1.54, 1.807) is 12.4 Å². The Kier molecular flexibility index (Phi) is 3.51. The quantitative estimate of drug-likeness (QED) is 0.680. The maximum absolute atomic E-state index is 4.18. The van der Waals surface area contributed by atoms with Crippen LogP contribution in [-0.2, 0) is 0 Å². The minimum Gasteiger partial charge on any atom is -0.341 e. The Morgan fingerprint density at radius 1 is 1.25 bits per heavy atom. The van der Waals surface area contributed by atoms with Crippen molar-refractivity contribution >= 4 is 5.95 Å². The van der Waals surface area contributed by atoms with Gasteiger partial charge in [-0.1, -0.05) is 6.92 Å². The molecule has 0 amide bonds. The van der Waals surface area contributed by atoms with Gasteiger partial charge in [0.25, 0.3) is 0 Å². The smallest absolute Gasteiger partial charge is 0.225 e. The van der Waals surface area contributed by atoms with E-state index in [1.165, 1.54) is 0 Å². The van der Waals surface area contributed by atoms with Crippen LogP contribution in [0, 0.1) is 0 Å². The van der Waals surface area contributed by atoms with Crippen LogP contribution in [0.25, 0.3) is 0 Å². The summed E-state index contributed by atoms with van der Waals surface area (Å²) < 4.78 is 0. The van der Waals surface area contributed by atoms with Gasteiger partial charge in [-0.05, 0) is 19.4 Å². The molecule has 1 heterocycles. The largest absolute Gasteiger partial charge is 0.341 e. The Bertz CT molecular complexity index is 210. The molecule has 1 aromatic heterocycles. The number of aromatic nitrogens is 2. The first-order valence-corrected chi connectivity index (χ1v) is 4.40. The average molecular weight is 165 g/mol. The van der Waals surface area contributed by atoms with E-state index in [2.05, 4.69) is 28.7 Å². The van der Waals surface area contributed by atoms with Crippen molar-refractivity contribution in [2.24, 2.45) is 0 Å². The zero-order chi connectivity index (χ0) is 8.81. The van der Waals surface area contributed by atoms with E-state index in [4.69, 9.17) is 0 Å². The van der Waals surface area contributed by atoms with Crippen LogP contribution in [0.4, 0.5) is 5.95 Å². The number of hydrogen-bond acceptors (Lipinski definition) is 3. The maximum atomic E-state index is 4.18. The molecule has 0 saturated heterocycles. The summed E-state index contributed by atoms with van der Waals surface area (Å²) in [5.74, 6) is 0.835. The maximum Gasteiger partial charge on any atom is 0.225 e. The van der Waals surface area contributed by atoms with Crippen molar-refractivity contribution in [1.82, 2.24) is 9.97 Å². The molecule has 0 atom stereocenters. The van der Waals surface area contributed by atoms with Crippen molar-refractivity contribution in [3.63, 3.8) is 0 Å². The van der Waals surface area contributed by atoms with Gasteiger partial charge in [0, 0.05) is 25.5 Å². The molecule has 0 saturated carbocycles. The van der Waals surface area contributed by atoms with E-state index in [0.717, 1.165) is 25.5 Å². The first kappa shape index (κ1) is 8.97. The highest BCUT2D eigenvalue weighted by atomic mass is 15.2. The van der Waals surface area contributed by atoms with Gasteiger partial charge in [0.2, 0.25) is 5.95 Å². The number of nitrogens with zero attached hydrogens (tertiary/aromatic N) is 3. The van der Waals surface area contributed by atoms with Gasteiger partial charge >= 0.3 is 0 Å². The van der Waals surface area contributed by atoms with Crippen LogP contribution >= 0.6 is 0 Å². The molecule has 0 N–H and O–H groups in total. The van der Waals surface area contributed by atoms with Crippen LogP contribution in [-0.4, -0.2) is 23.1 Å². The van der Waals surface area contributed by atoms with Crippen molar-refractivity contribution in [2.45, 2.75) is 20.3 Å². The topological polar surface area (TPSA) is 29.0 Å². The van der Waals surface area contributed by atoms with E-state index in [1.807, 2.05) is 6.07 Å². The van der Waals surface area contributed by atoms with Gasteiger partial charge < -0.3 is 4.90 Å². The molecule has 3 nitrogen and oxygen atoms in total. The molecule has 0 fully saturated rings. The SMILES string of the molecule is CCCN(CC)c1ncccn1. The van der Waals surface area contributed by atoms with Crippen molar-refractivity contribution in [3.05, 3.63) is 18.5 Å². The van der Waals surface area contributed by atoms with Crippen molar-refractivity contribution in [3.8, 4) is 0 Å². The molecular weight excluding hydrogens is 150 g/mol. The highest BCUT2D eigenvalue weighted by molar-refractivity contribution is 5.27. The van der Waals surface area contributed by atoms with Gasteiger partial charge in [-0.25, -0.2) is 9.97 Å². The van der Waals surface area contributed by atoms with Gasteiger partial charge in [-0.3, -0.25) is 0 Å². The molecule has 0 radical (unpaired) electrons. The minimum atomic E-state index is 0.835. The summed E-state index contributed by atoms with van der Waals surface area (Å²) in [6.45, 7) is 6.27. The summed E-state index contributed by atoms with van der Waals surface area (Å²) in [5, 5.41) is 0. The zero-order valence-electron chi connectivity index (χ0n) is 7.70. The average Bonchev–Trinajstić information content (AvgIpc) is 2.15. The zero-order valence-corrected chi connectivity index (χ0v) is 7.70. The van der Waals surface area contributed by atoms with Gasteiger partial charge in [-0.2, -0.15) is 0 Å². The van der Waals surface area contributed by atoms with Crippen LogP contribution in [0.15, 0.2) is 18.5 Å². The third-order valence-corrected chi connectivity index (χ3v) is 1.71. The number of anilines is 1. The summed E-state index contributed by atoms with van der Waals surface area (Å²) in [7, 11) is 0. The van der Waals surface area contributed by atoms with E-state index in [-0.39, 0.29) is 0 Å². The lowest BCUT2D eigenvalue weighted by Gasteiger charge is -2.18. The minimum absolute atomic E-state index is 0.835. The summed E-state index contributed by atoms with van der Waals surface area (Å²) in [6.07, 6.45) is 4.69. The van der Waals surface area contributed by atoms with E-state index in [9.17, 15) is 0 Å². The van der Waals surface area contributed by atoms with Crippen LogP contribution in [0.3, 0.4) is 0 Å². The molecule has 0 aliphatic rings. The number of rotatable bonds is 4. The molecule has 0 aromatic carbocycles. The monoisotopic (exact) mass is 165 g/mol. The molecule has 0 bridgehead atoms. The second kappa shape index (κ2) is 4.70. The van der Waals surface area contributed by atoms with Crippen molar-refractivity contribution < 1.29 is 0 Å². The Morgan fingerprint density at radius 2 is 1.92 bits per heavy atom. The lowest BCUT2D eigenvalue weighted by Crippen LogP contribution is -2.25. The summed E-state index contributed by atoms with van der Waals surface area (Å²) in [5.41, 5.74) is 0. The third kappa shape index (κ3) is 2.19. The van der Waals surface area contributed by atoms with Gasteiger partial charge in [0.05, 0.1) is 0 Å². The second-order valence-corrected chi connectivity index (χ2v) is 2.63. The first-order valence-electron chi connectivity index (χ1n) is 4.40. The summed E-state index contributed by atoms with van der Waals surface area (Å²) in [4.78, 5) is 10.5. The van der Waals surface area contributed by atoms with Crippen LogP contribution < -0.4 is 4.90 Å². The summed E-state index contributed by atoms with van der Waals surface area (Å²) >= 11 is 0. The van der Waals surface area contributed by atoms with Crippen LogP contribution in [0.5, 0.6) is 0 Å². The molecule has 0 aliphatic heterocycles. The third-order valence-electron chi connectivity index (χ3n) is 1.71. The fourth-order valence-electron chi connectivity index (χ4n) is 1.12. The fourth-order valence-corrected chi connectivity index (χ4v) is 1.12. The van der Waals surface area contributed by atoms with E-state index < -0.39 is 0 Å². The molecule has 66 valence electrons. The predicted molar refractivity (Wildman–Crippen MR) is 50.2 cm³/mol. The van der Waals surface area contributed by atoms with E-state index >= 15 is 0 Å². The van der Waals surface area contributed by atoms with Crippen molar-refractivity contribution in [1.29, 1.82) is 0 Å². The standard InChI is InChI=1S/C9H15N3/c1-3-8-12(4-2)9-10-6-5-7-11-9/h5-7H,3-4,8H2,1-2H3. The number of hydrogen-bond donors (Lipinski definition) is 0. The Labute approximate surface area is 73.5 Å². The predicted octanol–water partition coefficient (Wildman–Crippen LogP) is 1.71. The Balaban J connectivity index is 2.66. The fraction of sp³-hybridized carbons (Fsp3) is 0.556. The van der Waals surface area contributed by atoms with Gasteiger partial charge in [0.15, 0.2) is 0 Å². The van der Waals surface area contributed by atoms with Gasteiger partial charge in [-0.15, -0.1) is 0 Å². The Morgan fingerprint density at radius 3 is 2.42 bits per heavy atom. The van der Waals surface area contributed by atoms with Crippen LogP contribution in [0.2, 0.25) is 0 Å². The molecule has 12 heavy (non-hydrogen) atoms. The highest BCUT2D eigenvalue weighted by Gasteiger charge is 2.03. The molecule has 1 aromatic rings. The lowest BCUT2D eigenvalue weighted by atomic mass is 10.4. The molecule has 0 aliphatic carbocycles. The molecule has 3 heteroatoms. The Hall–Kier alpha value is -1.12. The molecular formula is C9H15N3. The van der Waals surface area contributed by atoms with Gasteiger partial charge in [0.1, 0.15) is 0 Å². The normalized spacial score (nSPS) is 9.83. The molecule has 0 spiro atoms. The second-order valence-electron chi connectivity index (χ2n) is 2.63.